The molecule has 0 N–H and O–H groups in total. The molecule has 0 amide bonds. The van der Waals surface area contributed by atoms with Gasteiger partial charge in [-0.3, -0.25) is 0 Å². The molecule has 0 saturated heterocycles. The van der Waals surface area contributed by atoms with Crippen molar-refractivity contribution in [2.24, 2.45) is 0 Å². The Balaban J connectivity index is 2.21. The van der Waals surface area contributed by atoms with Crippen LogP contribution in [0.25, 0.3) is 0 Å². The van der Waals surface area contributed by atoms with Gasteiger partial charge in [0.15, 0.2) is 0 Å². The number of rotatable bonds is 2. The first-order chi connectivity index (χ1) is 7.81. The SMILES string of the molecule is N#Cc1cccc(Cn2cnc(C#N)n2)c1. The molecule has 5 heteroatoms. The van der Waals surface area contributed by atoms with E-state index >= 15 is 0 Å². The van der Waals surface area contributed by atoms with E-state index in [1.165, 1.54) is 6.33 Å². The van der Waals surface area contributed by atoms with Crippen LogP contribution >= 0.6 is 0 Å². The summed E-state index contributed by atoms with van der Waals surface area (Å²) in [7, 11) is 0. The van der Waals surface area contributed by atoms with Gasteiger partial charge in [0.05, 0.1) is 18.2 Å². The summed E-state index contributed by atoms with van der Waals surface area (Å²) < 4.78 is 1.56. The molecule has 2 rings (SSSR count). The zero-order valence-electron chi connectivity index (χ0n) is 8.33. The van der Waals surface area contributed by atoms with Crippen molar-refractivity contribution in [2.75, 3.05) is 0 Å². The van der Waals surface area contributed by atoms with Crippen molar-refractivity contribution in [3.63, 3.8) is 0 Å². The van der Waals surface area contributed by atoms with Gasteiger partial charge in [-0.25, -0.2) is 9.67 Å². The van der Waals surface area contributed by atoms with Gasteiger partial charge in [-0.15, -0.1) is 5.10 Å². The standard InChI is InChI=1S/C11H7N5/c12-5-9-2-1-3-10(4-9)7-16-8-14-11(6-13)15-16/h1-4,8H,7H2. The minimum Gasteiger partial charge on any atom is -0.247 e. The Bertz CT molecular complexity index is 585. The molecule has 0 saturated carbocycles. The Morgan fingerprint density at radius 3 is 2.81 bits per heavy atom. The molecule has 1 heterocycles. The van der Waals surface area contributed by atoms with Gasteiger partial charge in [-0.2, -0.15) is 10.5 Å². The third-order valence-electron chi connectivity index (χ3n) is 2.04. The minimum atomic E-state index is 0.149. The minimum absolute atomic E-state index is 0.149. The molecule has 0 spiro atoms. The highest BCUT2D eigenvalue weighted by Crippen LogP contribution is 2.05. The lowest BCUT2D eigenvalue weighted by molar-refractivity contribution is 0.682. The van der Waals surface area contributed by atoms with Gasteiger partial charge in [-0.05, 0) is 17.7 Å². The molecule has 0 radical (unpaired) electrons. The molecule has 0 aliphatic rings. The first-order valence-electron chi connectivity index (χ1n) is 4.60. The summed E-state index contributed by atoms with van der Waals surface area (Å²) in [5.74, 6) is 0.149. The molecule has 2 aromatic rings. The van der Waals surface area contributed by atoms with Crippen LogP contribution in [-0.4, -0.2) is 14.8 Å². The normalized spacial score (nSPS) is 9.38. The number of nitriles is 2. The first-order valence-corrected chi connectivity index (χ1v) is 4.60. The van der Waals surface area contributed by atoms with Crippen molar-refractivity contribution < 1.29 is 0 Å². The summed E-state index contributed by atoms with van der Waals surface area (Å²) in [6, 6.07) is 11.2. The second-order valence-corrected chi connectivity index (χ2v) is 3.19. The average molecular weight is 209 g/mol. The maximum Gasteiger partial charge on any atom is 0.252 e. The number of benzene rings is 1. The summed E-state index contributed by atoms with van der Waals surface area (Å²) >= 11 is 0. The quantitative estimate of drug-likeness (QED) is 0.741. The number of hydrogen-bond donors (Lipinski definition) is 0. The monoisotopic (exact) mass is 209 g/mol. The van der Waals surface area contributed by atoms with Crippen LogP contribution in [0.2, 0.25) is 0 Å². The van der Waals surface area contributed by atoms with Crippen LogP contribution in [0.5, 0.6) is 0 Å². The van der Waals surface area contributed by atoms with Crippen molar-refractivity contribution in [3.8, 4) is 12.1 Å². The van der Waals surface area contributed by atoms with Crippen molar-refractivity contribution >= 4 is 0 Å². The molecule has 1 aromatic heterocycles. The fourth-order valence-electron chi connectivity index (χ4n) is 1.35. The molecular weight excluding hydrogens is 202 g/mol. The van der Waals surface area contributed by atoms with Crippen LogP contribution in [0.3, 0.4) is 0 Å². The van der Waals surface area contributed by atoms with Crippen LogP contribution in [0.15, 0.2) is 30.6 Å². The molecule has 1 aromatic carbocycles. The lowest BCUT2D eigenvalue weighted by Crippen LogP contribution is -2.00. The van der Waals surface area contributed by atoms with Crippen LogP contribution in [-0.2, 0) is 6.54 Å². The lowest BCUT2D eigenvalue weighted by atomic mass is 10.1. The molecule has 0 fully saturated rings. The maximum absolute atomic E-state index is 8.74. The van der Waals surface area contributed by atoms with Crippen molar-refractivity contribution in [2.45, 2.75) is 6.54 Å². The van der Waals surface area contributed by atoms with Crippen LogP contribution in [0, 0.1) is 22.7 Å². The van der Waals surface area contributed by atoms with Gasteiger partial charge in [0.1, 0.15) is 12.4 Å². The van der Waals surface area contributed by atoms with Crippen molar-refractivity contribution in [1.29, 1.82) is 10.5 Å². The Hall–Kier alpha value is -2.66. The molecular formula is C11H7N5. The van der Waals surface area contributed by atoms with Gasteiger partial charge >= 0.3 is 0 Å². The van der Waals surface area contributed by atoms with E-state index in [0.29, 0.717) is 12.1 Å². The average Bonchev–Trinajstić information content (AvgIpc) is 2.77. The third-order valence-corrected chi connectivity index (χ3v) is 2.04. The summed E-state index contributed by atoms with van der Waals surface area (Å²) in [5.41, 5.74) is 1.56. The third kappa shape index (κ3) is 2.05. The Morgan fingerprint density at radius 1 is 1.25 bits per heavy atom. The predicted octanol–water partition coefficient (Wildman–Crippen LogP) is 1.07. The van der Waals surface area contributed by atoms with Crippen molar-refractivity contribution in [1.82, 2.24) is 14.8 Å². The van der Waals surface area contributed by atoms with Gasteiger partial charge in [-0.1, -0.05) is 12.1 Å². The van der Waals surface area contributed by atoms with Gasteiger partial charge < -0.3 is 0 Å². The zero-order chi connectivity index (χ0) is 11.4. The summed E-state index contributed by atoms with van der Waals surface area (Å²) in [6.07, 6.45) is 1.50. The Labute approximate surface area is 92.2 Å². The van der Waals surface area contributed by atoms with E-state index in [9.17, 15) is 0 Å². The maximum atomic E-state index is 8.74. The number of nitrogens with zero attached hydrogens (tertiary/aromatic N) is 5. The smallest absolute Gasteiger partial charge is 0.247 e. The summed E-state index contributed by atoms with van der Waals surface area (Å²) in [4.78, 5) is 3.80. The number of hydrogen-bond acceptors (Lipinski definition) is 4. The molecule has 0 bridgehead atoms. The van der Waals surface area contributed by atoms with Gasteiger partial charge in [0, 0.05) is 0 Å². The fraction of sp³-hybridized carbons (Fsp3) is 0.0909. The number of aromatic nitrogens is 3. The van der Waals surface area contributed by atoms with E-state index in [0.717, 1.165) is 5.56 Å². The second-order valence-electron chi connectivity index (χ2n) is 3.19. The molecule has 0 aliphatic carbocycles. The van der Waals surface area contributed by atoms with Gasteiger partial charge in [0.25, 0.3) is 5.82 Å². The molecule has 5 nitrogen and oxygen atoms in total. The Kier molecular flexibility index (Phi) is 2.62. The predicted molar refractivity (Wildman–Crippen MR) is 55.0 cm³/mol. The van der Waals surface area contributed by atoms with E-state index in [-0.39, 0.29) is 5.82 Å². The van der Waals surface area contributed by atoms with E-state index in [4.69, 9.17) is 10.5 Å². The molecule has 16 heavy (non-hydrogen) atoms. The van der Waals surface area contributed by atoms with Crippen LogP contribution in [0.4, 0.5) is 0 Å². The van der Waals surface area contributed by atoms with Crippen molar-refractivity contribution in [3.05, 3.63) is 47.5 Å². The molecule has 76 valence electrons. The lowest BCUT2D eigenvalue weighted by Gasteiger charge is -2.00. The Morgan fingerprint density at radius 2 is 2.12 bits per heavy atom. The van der Waals surface area contributed by atoms with E-state index in [2.05, 4.69) is 16.2 Å². The fourth-order valence-corrected chi connectivity index (χ4v) is 1.35. The molecule has 0 unspecified atom stereocenters. The van der Waals surface area contributed by atoms with Gasteiger partial charge in [0.2, 0.25) is 0 Å². The van der Waals surface area contributed by atoms with E-state index < -0.39 is 0 Å². The highest BCUT2D eigenvalue weighted by Gasteiger charge is 2.00. The summed E-state index contributed by atoms with van der Waals surface area (Å²) in [6.45, 7) is 0.504. The largest absolute Gasteiger partial charge is 0.252 e. The highest BCUT2D eigenvalue weighted by molar-refractivity contribution is 5.32. The summed E-state index contributed by atoms with van der Waals surface area (Å²) in [5, 5.41) is 21.3. The topological polar surface area (TPSA) is 78.3 Å². The second kappa shape index (κ2) is 4.24. The highest BCUT2D eigenvalue weighted by atomic mass is 15.3. The molecule has 0 aliphatic heterocycles. The van der Waals surface area contributed by atoms with Crippen LogP contribution < -0.4 is 0 Å². The van der Waals surface area contributed by atoms with Crippen LogP contribution in [0.1, 0.15) is 17.0 Å². The zero-order valence-corrected chi connectivity index (χ0v) is 8.33. The van der Waals surface area contributed by atoms with E-state index in [1.54, 1.807) is 16.8 Å². The molecule has 0 atom stereocenters. The van der Waals surface area contributed by atoms with E-state index in [1.807, 2.05) is 18.2 Å². The first kappa shape index (κ1) is 9.88.